The monoisotopic (exact) mass is 256 g/mol. The third-order valence-corrected chi connectivity index (χ3v) is 2.69. The van der Waals surface area contributed by atoms with Crippen molar-refractivity contribution < 1.29 is 4.79 Å². The summed E-state index contributed by atoms with van der Waals surface area (Å²) in [4.78, 5) is 14.9. The maximum absolute atomic E-state index is 11.0. The van der Waals surface area contributed by atoms with Crippen molar-refractivity contribution in [1.82, 2.24) is 4.98 Å². The van der Waals surface area contributed by atoms with E-state index in [-0.39, 0.29) is 5.69 Å². The van der Waals surface area contributed by atoms with Gasteiger partial charge < -0.3 is 16.8 Å². The Morgan fingerprint density at radius 1 is 1.16 bits per heavy atom. The van der Waals surface area contributed by atoms with E-state index in [0.29, 0.717) is 6.54 Å². The Bertz CT molecular complexity index is 566. The molecule has 0 fully saturated rings. The van der Waals surface area contributed by atoms with Gasteiger partial charge in [0, 0.05) is 17.6 Å². The van der Waals surface area contributed by atoms with Gasteiger partial charge in [-0.05, 0) is 42.8 Å². The van der Waals surface area contributed by atoms with Crippen LogP contribution < -0.4 is 16.8 Å². The fourth-order valence-corrected chi connectivity index (χ4v) is 1.73. The first-order chi connectivity index (χ1) is 9.19. The van der Waals surface area contributed by atoms with Crippen LogP contribution in [0.1, 0.15) is 16.1 Å². The molecular formula is C14H16N4O. The minimum atomic E-state index is -0.540. The summed E-state index contributed by atoms with van der Waals surface area (Å²) >= 11 is 0. The van der Waals surface area contributed by atoms with E-state index < -0.39 is 5.91 Å². The SMILES string of the molecule is NCCc1ccc(Nc2ccnc(C(N)=O)c2)cc1. The summed E-state index contributed by atoms with van der Waals surface area (Å²) in [5.74, 6) is -0.540. The van der Waals surface area contributed by atoms with Crippen LogP contribution in [0.5, 0.6) is 0 Å². The van der Waals surface area contributed by atoms with Gasteiger partial charge in [-0.3, -0.25) is 9.78 Å². The van der Waals surface area contributed by atoms with Gasteiger partial charge in [-0.1, -0.05) is 12.1 Å². The molecule has 0 atom stereocenters. The highest BCUT2D eigenvalue weighted by molar-refractivity contribution is 5.91. The van der Waals surface area contributed by atoms with Crippen LogP contribution in [0, 0.1) is 0 Å². The number of carbonyl (C=O) groups excluding carboxylic acids is 1. The zero-order chi connectivity index (χ0) is 13.7. The number of primary amides is 1. The van der Waals surface area contributed by atoms with Crippen molar-refractivity contribution in [1.29, 1.82) is 0 Å². The molecule has 0 bridgehead atoms. The number of amides is 1. The molecule has 2 rings (SSSR count). The highest BCUT2D eigenvalue weighted by Crippen LogP contribution is 2.17. The molecule has 0 saturated carbocycles. The fraction of sp³-hybridized carbons (Fsp3) is 0.143. The Morgan fingerprint density at radius 2 is 1.89 bits per heavy atom. The maximum atomic E-state index is 11.0. The normalized spacial score (nSPS) is 10.2. The van der Waals surface area contributed by atoms with Crippen LogP contribution in [0.15, 0.2) is 42.6 Å². The second-order valence-electron chi connectivity index (χ2n) is 4.15. The lowest BCUT2D eigenvalue weighted by Gasteiger charge is -2.08. The Balaban J connectivity index is 2.12. The summed E-state index contributed by atoms with van der Waals surface area (Å²) in [5.41, 5.74) is 13.8. The van der Waals surface area contributed by atoms with E-state index in [9.17, 15) is 4.79 Å². The standard InChI is InChI=1S/C14H16N4O/c15-7-5-10-1-3-11(4-2-10)18-12-6-8-17-13(9-12)14(16)19/h1-4,6,8-9H,5,7,15H2,(H2,16,19)(H,17,18). The first kappa shape index (κ1) is 13.0. The smallest absolute Gasteiger partial charge is 0.267 e. The predicted molar refractivity (Wildman–Crippen MR) is 75.2 cm³/mol. The predicted octanol–water partition coefficient (Wildman–Crippen LogP) is 1.43. The molecule has 1 amide bonds. The number of nitrogens with two attached hydrogens (primary N) is 2. The second kappa shape index (κ2) is 5.97. The zero-order valence-electron chi connectivity index (χ0n) is 10.5. The lowest BCUT2D eigenvalue weighted by atomic mass is 10.1. The molecule has 98 valence electrons. The molecule has 1 heterocycles. The summed E-state index contributed by atoms with van der Waals surface area (Å²) in [6, 6.07) is 11.4. The number of carbonyl (C=O) groups is 1. The van der Waals surface area contributed by atoms with Crippen molar-refractivity contribution in [2.45, 2.75) is 6.42 Å². The number of hydrogen-bond donors (Lipinski definition) is 3. The third-order valence-electron chi connectivity index (χ3n) is 2.69. The minimum Gasteiger partial charge on any atom is -0.364 e. The number of hydrogen-bond acceptors (Lipinski definition) is 4. The molecule has 0 aliphatic carbocycles. The van der Waals surface area contributed by atoms with Gasteiger partial charge in [0.2, 0.25) is 0 Å². The number of pyridine rings is 1. The van der Waals surface area contributed by atoms with Crippen LogP contribution in [0.2, 0.25) is 0 Å². The van der Waals surface area contributed by atoms with Crippen LogP contribution >= 0.6 is 0 Å². The highest BCUT2D eigenvalue weighted by Gasteiger charge is 2.03. The Kier molecular flexibility index (Phi) is 4.10. The number of benzene rings is 1. The molecule has 1 aromatic carbocycles. The molecule has 0 radical (unpaired) electrons. The second-order valence-corrected chi connectivity index (χ2v) is 4.15. The van der Waals surface area contributed by atoms with Gasteiger partial charge in [-0.2, -0.15) is 0 Å². The van der Waals surface area contributed by atoms with Crippen LogP contribution in [0.25, 0.3) is 0 Å². The van der Waals surface area contributed by atoms with Gasteiger partial charge >= 0.3 is 0 Å². The van der Waals surface area contributed by atoms with Gasteiger partial charge in [0.05, 0.1) is 0 Å². The summed E-state index contributed by atoms with van der Waals surface area (Å²) in [5, 5.41) is 3.19. The molecule has 0 aliphatic heterocycles. The number of aromatic nitrogens is 1. The average molecular weight is 256 g/mol. The molecule has 5 N–H and O–H groups in total. The number of rotatable bonds is 5. The van der Waals surface area contributed by atoms with Crippen molar-refractivity contribution in [3.63, 3.8) is 0 Å². The van der Waals surface area contributed by atoms with Crippen LogP contribution in [-0.2, 0) is 6.42 Å². The van der Waals surface area contributed by atoms with Gasteiger partial charge in [0.1, 0.15) is 5.69 Å². The molecule has 1 aromatic heterocycles. The van der Waals surface area contributed by atoms with E-state index in [1.807, 2.05) is 24.3 Å². The lowest BCUT2D eigenvalue weighted by Crippen LogP contribution is -2.12. The quantitative estimate of drug-likeness (QED) is 0.754. The topological polar surface area (TPSA) is 94.0 Å². The molecule has 0 aliphatic rings. The first-order valence-corrected chi connectivity index (χ1v) is 6.01. The van der Waals surface area contributed by atoms with E-state index in [1.165, 1.54) is 5.56 Å². The Hall–Kier alpha value is -2.40. The van der Waals surface area contributed by atoms with Gasteiger partial charge in [0.15, 0.2) is 0 Å². The summed E-state index contributed by atoms with van der Waals surface area (Å²) in [7, 11) is 0. The van der Waals surface area contributed by atoms with E-state index >= 15 is 0 Å². The zero-order valence-corrected chi connectivity index (χ0v) is 10.5. The molecular weight excluding hydrogens is 240 g/mol. The summed E-state index contributed by atoms with van der Waals surface area (Å²) in [6.07, 6.45) is 2.41. The van der Waals surface area contributed by atoms with Crippen molar-refractivity contribution >= 4 is 17.3 Å². The van der Waals surface area contributed by atoms with Crippen LogP contribution in [0.4, 0.5) is 11.4 Å². The van der Waals surface area contributed by atoms with Gasteiger partial charge in [-0.15, -0.1) is 0 Å². The number of nitrogens with zero attached hydrogens (tertiary/aromatic N) is 1. The van der Waals surface area contributed by atoms with Gasteiger partial charge in [0.25, 0.3) is 5.91 Å². The van der Waals surface area contributed by atoms with Gasteiger partial charge in [-0.25, -0.2) is 0 Å². The summed E-state index contributed by atoms with van der Waals surface area (Å²) in [6.45, 7) is 0.638. The molecule has 2 aromatic rings. The van der Waals surface area contributed by atoms with Crippen molar-refractivity contribution in [2.75, 3.05) is 11.9 Å². The fourth-order valence-electron chi connectivity index (χ4n) is 1.73. The first-order valence-electron chi connectivity index (χ1n) is 6.01. The van der Waals surface area contributed by atoms with Crippen LogP contribution in [-0.4, -0.2) is 17.4 Å². The molecule has 0 spiro atoms. The molecule has 5 heteroatoms. The van der Waals surface area contributed by atoms with Crippen molar-refractivity contribution in [2.24, 2.45) is 11.5 Å². The Labute approximate surface area is 111 Å². The van der Waals surface area contributed by atoms with Crippen molar-refractivity contribution in [3.05, 3.63) is 53.9 Å². The third kappa shape index (κ3) is 3.53. The lowest BCUT2D eigenvalue weighted by molar-refractivity contribution is 0.0995. The largest absolute Gasteiger partial charge is 0.364 e. The molecule has 0 saturated heterocycles. The maximum Gasteiger partial charge on any atom is 0.267 e. The van der Waals surface area contributed by atoms with E-state index in [4.69, 9.17) is 11.5 Å². The summed E-state index contributed by atoms with van der Waals surface area (Å²) < 4.78 is 0. The highest BCUT2D eigenvalue weighted by atomic mass is 16.1. The molecule has 5 nitrogen and oxygen atoms in total. The minimum absolute atomic E-state index is 0.241. The number of anilines is 2. The van der Waals surface area contributed by atoms with Crippen LogP contribution in [0.3, 0.4) is 0 Å². The molecule has 19 heavy (non-hydrogen) atoms. The Morgan fingerprint density at radius 3 is 2.53 bits per heavy atom. The van der Waals surface area contributed by atoms with E-state index in [1.54, 1.807) is 18.3 Å². The number of nitrogens with one attached hydrogen (secondary N) is 1. The van der Waals surface area contributed by atoms with E-state index in [2.05, 4.69) is 10.3 Å². The van der Waals surface area contributed by atoms with Crippen molar-refractivity contribution in [3.8, 4) is 0 Å². The average Bonchev–Trinajstić information content (AvgIpc) is 2.42. The molecule has 0 unspecified atom stereocenters. The van der Waals surface area contributed by atoms with E-state index in [0.717, 1.165) is 17.8 Å².